The number of hydrogen-bond donors (Lipinski definition) is 1. The first kappa shape index (κ1) is 19.7. The number of carbonyl (C=O) groups excluding carboxylic acids is 1. The van der Waals surface area contributed by atoms with E-state index in [1.165, 1.54) is 26.0 Å². The van der Waals surface area contributed by atoms with Crippen molar-refractivity contribution < 1.29 is 22.9 Å². The van der Waals surface area contributed by atoms with Crippen LogP contribution in [-0.2, 0) is 17.5 Å². The third-order valence-corrected chi connectivity index (χ3v) is 3.82. The Morgan fingerprint density at radius 2 is 2.08 bits per heavy atom. The highest BCUT2D eigenvalue weighted by atomic mass is 35.5. The minimum Gasteiger partial charge on any atom is -0.320 e. The highest BCUT2D eigenvalue weighted by Gasteiger charge is 2.34. The number of halogens is 4. The van der Waals surface area contributed by atoms with Crippen molar-refractivity contribution in [1.82, 2.24) is 9.78 Å². The molecule has 140 valence electrons. The highest BCUT2D eigenvalue weighted by Crippen LogP contribution is 2.29. The molecule has 1 unspecified atom stereocenters. The van der Waals surface area contributed by atoms with Gasteiger partial charge in [-0.1, -0.05) is 18.5 Å². The van der Waals surface area contributed by atoms with Gasteiger partial charge in [0.2, 0.25) is 5.91 Å². The van der Waals surface area contributed by atoms with Crippen molar-refractivity contribution in [3.63, 3.8) is 0 Å². The molecule has 0 saturated carbocycles. The van der Waals surface area contributed by atoms with E-state index in [4.69, 9.17) is 11.6 Å². The number of amides is 1. The first-order valence-electron chi connectivity index (χ1n) is 7.35. The van der Waals surface area contributed by atoms with Crippen molar-refractivity contribution >= 4 is 28.9 Å². The van der Waals surface area contributed by atoms with Crippen LogP contribution in [0.5, 0.6) is 0 Å². The molecule has 0 fully saturated rings. The predicted octanol–water partition coefficient (Wildman–Crippen LogP) is 4.05. The fourth-order valence-corrected chi connectivity index (χ4v) is 2.36. The lowest BCUT2D eigenvalue weighted by Crippen LogP contribution is -2.25. The quantitative estimate of drug-likeness (QED) is 0.616. The van der Waals surface area contributed by atoms with Crippen LogP contribution in [0.4, 0.5) is 24.5 Å². The van der Waals surface area contributed by atoms with E-state index < -0.39 is 28.6 Å². The van der Waals surface area contributed by atoms with Crippen LogP contribution in [0, 0.1) is 23.0 Å². The molecular weight excluding hydrogens is 377 g/mol. The van der Waals surface area contributed by atoms with Crippen molar-refractivity contribution in [2.75, 3.05) is 5.32 Å². The summed E-state index contributed by atoms with van der Waals surface area (Å²) >= 11 is 5.70. The second-order valence-corrected chi connectivity index (χ2v) is 6.10. The molecule has 1 amide bonds. The number of nitrogens with one attached hydrogen (secondary N) is 1. The van der Waals surface area contributed by atoms with E-state index in [1.54, 1.807) is 0 Å². The van der Waals surface area contributed by atoms with E-state index in [1.807, 2.05) is 0 Å². The van der Waals surface area contributed by atoms with Crippen LogP contribution in [0.3, 0.4) is 0 Å². The van der Waals surface area contributed by atoms with Crippen LogP contribution < -0.4 is 5.32 Å². The maximum atomic E-state index is 12.7. The summed E-state index contributed by atoms with van der Waals surface area (Å²) in [6.07, 6.45) is -4.58. The molecule has 1 aromatic heterocycles. The lowest BCUT2D eigenvalue weighted by atomic mass is 10.1. The van der Waals surface area contributed by atoms with E-state index in [9.17, 15) is 28.1 Å². The first-order chi connectivity index (χ1) is 12.0. The topological polar surface area (TPSA) is 90.1 Å². The molecule has 7 nitrogen and oxygen atoms in total. The molecule has 2 aromatic rings. The van der Waals surface area contributed by atoms with Gasteiger partial charge in [0.15, 0.2) is 5.69 Å². The van der Waals surface area contributed by atoms with Crippen molar-refractivity contribution in [2.45, 2.75) is 26.6 Å². The van der Waals surface area contributed by atoms with Crippen molar-refractivity contribution in [1.29, 1.82) is 0 Å². The predicted molar refractivity (Wildman–Crippen MR) is 87.9 cm³/mol. The molecule has 0 spiro atoms. The molecule has 0 saturated heterocycles. The van der Waals surface area contributed by atoms with E-state index in [2.05, 4.69) is 10.4 Å². The fraction of sp³-hybridized carbons (Fsp3) is 0.333. The molecule has 1 heterocycles. The second-order valence-electron chi connectivity index (χ2n) is 5.66. The third kappa shape index (κ3) is 4.51. The molecular formula is C15H14ClF3N4O3. The normalized spacial score (nSPS) is 12.7. The SMILES string of the molecule is Cc1cc(C(F)(F)F)nn1CC(C)C(=O)Nc1ccc(Cl)cc1[N+](=O)[O-]. The summed E-state index contributed by atoms with van der Waals surface area (Å²) in [7, 11) is 0. The van der Waals surface area contributed by atoms with Gasteiger partial charge in [0.25, 0.3) is 5.69 Å². The third-order valence-electron chi connectivity index (χ3n) is 3.58. The Hall–Kier alpha value is -2.62. The summed E-state index contributed by atoms with van der Waals surface area (Å²) in [6.45, 7) is 2.80. The molecule has 2 rings (SSSR count). The van der Waals surface area contributed by atoms with E-state index >= 15 is 0 Å². The maximum absolute atomic E-state index is 12.7. The number of aryl methyl sites for hydroxylation is 1. The monoisotopic (exact) mass is 390 g/mol. The number of carbonyl (C=O) groups is 1. The van der Waals surface area contributed by atoms with Crippen LogP contribution in [0.25, 0.3) is 0 Å². The Morgan fingerprint density at radius 1 is 1.42 bits per heavy atom. The van der Waals surface area contributed by atoms with E-state index in [0.29, 0.717) is 0 Å². The zero-order valence-electron chi connectivity index (χ0n) is 13.7. The van der Waals surface area contributed by atoms with Gasteiger partial charge in [-0.3, -0.25) is 19.6 Å². The molecule has 26 heavy (non-hydrogen) atoms. The Kier molecular flexibility index (Phi) is 5.55. The molecule has 0 aliphatic rings. The van der Waals surface area contributed by atoms with Gasteiger partial charge in [-0.25, -0.2) is 0 Å². The number of benzene rings is 1. The fourth-order valence-electron chi connectivity index (χ4n) is 2.19. The molecule has 1 aromatic carbocycles. The van der Waals surface area contributed by atoms with E-state index in [0.717, 1.165) is 16.8 Å². The molecule has 1 N–H and O–H groups in total. The summed E-state index contributed by atoms with van der Waals surface area (Å²) in [4.78, 5) is 22.6. The van der Waals surface area contributed by atoms with Gasteiger partial charge in [-0.15, -0.1) is 0 Å². The lowest BCUT2D eigenvalue weighted by Gasteiger charge is -2.13. The van der Waals surface area contributed by atoms with Gasteiger partial charge in [0.1, 0.15) is 5.69 Å². The zero-order chi connectivity index (χ0) is 19.6. The smallest absolute Gasteiger partial charge is 0.320 e. The lowest BCUT2D eigenvalue weighted by molar-refractivity contribution is -0.383. The van der Waals surface area contributed by atoms with Gasteiger partial charge < -0.3 is 5.32 Å². The number of nitro groups is 1. The Bertz CT molecular complexity index is 851. The van der Waals surface area contributed by atoms with Crippen molar-refractivity contribution in [3.05, 3.63) is 50.8 Å². The maximum Gasteiger partial charge on any atom is 0.435 e. The summed E-state index contributed by atoms with van der Waals surface area (Å²) in [5, 5.41) is 17.0. The number of rotatable bonds is 5. The van der Waals surface area contributed by atoms with Gasteiger partial charge in [-0.2, -0.15) is 18.3 Å². The van der Waals surface area contributed by atoms with Crippen LogP contribution in [-0.4, -0.2) is 20.6 Å². The number of anilines is 1. The first-order valence-corrected chi connectivity index (χ1v) is 7.73. The standard InChI is InChI=1S/C15H14ClF3N4O3/c1-8(7-22-9(2)5-13(21-22)15(17,18)19)14(24)20-11-4-3-10(16)6-12(11)23(25)26/h3-6,8H,7H2,1-2H3,(H,20,24). The highest BCUT2D eigenvalue weighted by molar-refractivity contribution is 6.31. The van der Waals surface area contributed by atoms with Crippen LogP contribution in [0.15, 0.2) is 24.3 Å². The number of alkyl halides is 3. The summed E-state index contributed by atoms with van der Waals surface area (Å²) < 4.78 is 39.1. The molecule has 0 bridgehead atoms. The minimum absolute atomic E-state index is 0.0515. The second kappa shape index (κ2) is 7.32. The Morgan fingerprint density at radius 3 is 2.62 bits per heavy atom. The van der Waals surface area contributed by atoms with Crippen molar-refractivity contribution in [3.8, 4) is 0 Å². The van der Waals surface area contributed by atoms with Gasteiger partial charge in [0, 0.05) is 16.8 Å². The Balaban J connectivity index is 2.14. The molecule has 0 radical (unpaired) electrons. The van der Waals surface area contributed by atoms with Crippen LogP contribution in [0.1, 0.15) is 18.3 Å². The van der Waals surface area contributed by atoms with E-state index in [-0.39, 0.29) is 28.6 Å². The summed E-state index contributed by atoms with van der Waals surface area (Å²) in [5.74, 6) is -1.39. The largest absolute Gasteiger partial charge is 0.435 e. The number of nitrogens with zero attached hydrogens (tertiary/aromatic N) is 3. The van der Waals surface area contributed by atoms with Gasteiger partial charge in [-0.05, 0) is 25.1 Å². The van der Waals surface area contributed by atoms with Crippen LogP contribution >= 0.6 is 11.6 Å². The summed E-state index contributed by atoms with van der Waals surface area (Å²) in [6, 6.07) is 4.64. The Labute approximate surface area is 150 Å². The summed E-state index contributed by atoms with van der Waals surface area (Å²) in [5.41, 5.74) is -1.23. The van der Waals surface area contributed by atoms with Crippen molar-refractivity contribution in [2.24, 2.45) is 5.92 Å². The zero-order valence-corrected chi connectivity index (χ0v) is 14.4. The molecule has 0 aliphatic carbocycles. The minimum atomic E-state index is -4.58. The number of aromatic nitrogens is 2. The molecule has 0 aliphatic heterocycles. The average Bonchev–Trinajstić information content (AvgIpc) is 2.90. The number of nitro benzene ring substituents is 1. The van der Waals surface area contributed by atoms with Gasteiger partial charge >= 0.3 is 6.18 Å². The van der Waals surface area contributed by atoms with Gasteiger partial charge in [0.05, 0.1) is 17.4 Å². The average molecular weight is 391 g/mol. The molecule has 11 heteroatoms. The van der Waals surface area contributed by atoms with Crippen LogP contribution in [0.2, 0.25) is 5.02 Å². The molecule has 1 atom stereocenters. The number of hydrogen-bond acceptors (Lipinski definition) is 4.